The topological polar surface area (TPSA) is 18.5 Å². The maximum absolute atomic E-state index is 5.90. The normalized spacial score (nSPS) is 19.1. The molecule has 4 heteroatoms. The van der Waals surface area contributed by atoms with Gasteiger partial charge in [-0.3, -0.25) is 0 Å². The molecule has 1 fully saturated rings. The van der Waals surface area contributed by atoms with Gasteiger partial charge in [0.15, 0.2) is 6.29 Å². The standard InChI is InChI=1S/C14H14Cl2O2/c15-12-7-6-11(10-13(12)16)4-3-9-18-14-5-1-2-8-17-14/h6-7,10,14H,1-2,5,8-9H2. The van der Waals surface area contributed by atoms with Crippen LogP contribution in [0.1, 0.15) is 24.8 Å². The molecule has 1 aliphatic heterocycles. The fourth-order valence-electron chi connectivity index (χ4n) is 1.69. The number of hydrogen-bond acceptors (Lipinski definition) is 2. The highest BCUT2D eigenvalue weighted by atomic mass is 35.5. The van der Waals surface area contributed by atoms with Crippen LogP contribution in [-0.4, -0.2) is 19.5 Å². The van der Waals surface area contributed by atoms with Crippen LogP contribution in [0.5, 0.6) is 0 Å². The molecule has 1 saturated heterocycles. The van der Waals surface area contributed by atoms with E-state index in [9.17, 15) is 0 Å². The van der Waals surface area contributed by atoms with E-state index in [0.717, 1.165) is 31.4 Å². The zero-order valence-corrected chi connectivity index (χ0v) is 11.4. The fourth-order valence-corrected chi connectivity index (χ4v) is 1.99. The monoisotopic (exact) mass is 284 g/mol. The Morgan fingerprint density at radius 1 is 1.28 bits per heavy atom. The summed E-state index contributed by atoms with van der Waals surface area (Å²) in [6.45, 7) is 1.15. The lowest BCUT2D eigenvalue weighted by atomic mass is 10.2. The zero-order chi connectivity index (χ0) is 12.8. The Balaban J connectivity index is 1.82. The van der Waals surface area contributed by atoms with Gasteiger partial charge in [0.05, 0.1) is 10.0 Å². The van der Waals surface area contributed by atoms with Gasteiger partial charge in [-0.05, 0) is 37.5 Å². The summed E-state index contributed by atoms with van der Waals surface area (Å²) in [5, 5.41) is 1.05. The van der Waals surface area contributed by atoms with Gasteiger partial charge in [0, 0.05) is 12.2 Å². The van der Waals surface area contributed by atoms with Crippen molar-refractivity contribution in [1.29, 1.82) is 0 Å². The summed E-state index contributed by atoms with van der Waals surface area (Å²) in [5.41, 5.74) is 0.831. The van der Waals surface area contributed by atoms with Crippen LogP contribution in [0, 0.1) is 11.8 Å². The maximum Gasteiger partial charge on any atom is 0.158 e. The van der Waals surface area contributed by atoms with E-state index >= 15 is 0 Å². The van der Waals surface area contributed by atoms with Crippen molar-refractivity contribution >= 4 is 23.2 Å². The third kappa shape index (κ3) is 4.19. The number of ether oxygens (including phenoxy) is 2. The van der Waals surface area contributed by atoms with Crippen molar-refractivity contribution in [2.75, 3.05) is 13.2 Å². The van der Waals surface area contributed by atoms with Crippen LogP contribution in [-0.2, 0) is 9.47 Å². The largest absolute Gasteiger partial charge is 0.353 e. The lowest BCUT2D eigenvalue weighted by molar-refractivity contribution is -0.154. The molecular weight excluding hydrogens is 271 g/mol. The van der Waals surface area contributed by atoms with Gasteiger partial charge in [-0.1, -0.05) is 35.0 Å². The Labute approximate surface area is 117 Å². The van der Waals surface area contributed by atoms with Gasteiger partial charge in [-0.25, -0.2) is 0 Å². The first-order valence-corrected chi connectivity index (χ1v) is 6.68. The highest BCUT2D eigenvalue weighted by Gasteiger charge is 2.12. The molecule has 0 saturated carbocycles. The van der Waals surface area contributed by atoms with Gasteiger partial charge in [0.2, 0.25) is 0 Å². The molecule has 2 rings (SSSR count). The molecule has 18 heavy (non-hydrogen) atoms. The average Bonchev–Trinajstić information content (AvgIpc) is 2.40. The van der Waals surface area contributed by atoms with Gasteiger partial charge in [-0.15, -0.1) is 0 Å². The van der Waals surface area contributed by atoms with Crippen molar-refractivity contribution < 1.29 is 9.47 Å². The molecule has 1 aromatic carbocycles. The summed E-state index contributed by atoms with van der Waals surface area (Å²) in [5.74, 6) is 5.92. The van der Waals surface area contributed by atoms with Crippen LogP contribution in [0.2, 0.25) is 10.0 Å². The first kappa shape index (κ1) is 13.7. The van der Waals surface area contributed by atoms with E-state index < -0.39 is 0 Å². The molecule has 2 nitrogen and oxygen atoms in total. The first-order chi connectivity index (χ1) is 8.75. The Bertz CT molecular complexity index is 457. The van der Waals surface area contributed by atoms with Crippen molar-refractivity contribution in [1.82, 2.24) is 0 Å². The summed E-state index contributed by atoms with van der Waals surface area (Å²) in [4.78, 5) is 0. The third-order valence-corrected chi connectivity index (χ3v) is 3.37. The van der Waals surface area contributed by atoms with Crippen LogP contribution < -0.4 is 0 Å². The summed E-state index contributed by atoms with van der Waals surface area (Å²) < 4.78 is 10.9. The first-order valence-electron chi connectivity index (χ1n) is 5.93. The highest BCUT2D eigenvalue weighted by Crippen LogP contribution is 2.22. The lowest BCUT2D eigenvalue weighted by Gasteiger charge is -2.21. The van der Waals surface area contributed by atoms with Crippen LogP contribution in [0.4, 0.5) is 0 Å². The Hall–Kier alpha value is -0.720. The molecule has 0 N–H and O–H groups in total. The molecule has 0 aliphatic carbocycles. The molecule has 96 valence electrons. The molecule has 1 aliphatic rings. The van der Waals surface area contributed by atoms with E-state index in [1.807, 2.05) is 6.07 Å². The van der Waals surface area contributed by atoms with Gasteiger partial charge in [-0.2, -0.15) is 0 Å². The molecule has 1 atom stereocenters. The smallest absolute Gasteiger partial charge is 0.158 e. The second-order valence-electron chi connectivity index (χ2n) is 4.04. The SMILES string of the molecule is Clc1ccc(C#CCOC2CCCCO2)cc1Cl. The number of halogens is 2. The molecule has 0 spiro atoms. The van der Waals surface area contributed by atoms with Gasteiger partial charge >= 0.3 is 0 Å². The zero-order valence-electron chi connectivity index (χ0n) is 9.92. The third-order valence-electron chi connectivity index (χ3n) is 2.63. The Kier molecular flexibility index (Phi) is 5.34. The quantitative estimate of drug-likeness (QED) is 0.767. The van der Waals surface area contributed by atoms with Crippen LogP contribution in [0.3, 0.4) is 0 Å². The molecule has 1 heterocycles. The van der Waals surface area contributed by atoms with E-state index in [1.54, 1.807) is 12.1 Å². The van der Waals surface area contributed by atoms with E-state index in [4.69, 9.17) is 32.7 Å². The van der Waals surface area contributed by atoms with Crippen LogP contribution >= 0.6 is 23.2 Å². The van der Waals surface area contributed by atoms with Gasteiger partial charge in [0.1, 0.15) is 6.61 Å². The minimum Gasteiger partial charge on any atom is -0.353 e. The summed E-state index contributed by atoms with van der Waals surface area (Å²) in [7, 11) is 0. The predicted molar refractivity (Wildman–Crippen MR) is 72.9 cm³/mol. The van der Waals surface area contributed by atoms with Crippen LogP contribution in [0.25, 0.3) is 0 Å². The number of hydrogen-bond donors (Lipinski definition) is 0. The highest BCUT2D eigenvalue weighted by molar-refractivity contribution is 6.42. The summed E-state index contributed by atoms with van der Waals surface area (Å²) >= 11 is 11.7. The molecule has 1 unspecified atom stereocenters. The molecule has 0 radical (unpaired) electrons. The van der Waals surface area contributed by atoms with Crippen molar-refractivity contribution in [3.05, 3.63) is 33.8 Å². The molecule has 0 aromatic heterocycles. The second kappa shape index (κ2) is 7.01. The molecular formula is C14H14Cl2O2. The van der Waals surface area contributed by atoms with E-state index in [2.05, 4.69) is 11.8 Å². The second-order valence-corrected chi connectivity index (χ2v) is 4.85. The van der Waals surface area contributed by atoms with E-state index in [1.165, 1.54) is 0 Å². The van der Waals surface area contributed by atoms with Crippen molar-refractivity contribution in [2.24, 2.45) is 0 Å². The Morgan fingerprint density at radius 3 is 2.89 bits per heavy atom. The molecule has 0 bridgehead atoms. The Morgan fingerprint density at radius 2 is 2.17 bits per heavy atom. The fraction of sp³-hybridized carbons (Fsp3) is 0.429. The minimum absolute atomic E-state index is 0.0955. The summed E-state index contributed by atoms with van der Waals surface area (Å²) in [6.07, 6.45) is 3.13. The van der Waals surface area contributed by atoms with Crippen LogP contribution in [0.15, 0.2) is 18.2 Å². The average molecular weight is 285 g/mol. The molecule has 1 aromatic rings. The van der Waals surface area contributed by atoms with Crippen molar-refractivity contribution in [2.45, 2.75) is 25.6 Å². The molecule has 0 amide bonds. The van der Waals surface area contributed by atoms with Crippen molar-refractivity contribution in [3.8, 4) is 11.8 Å². The number of rotatable bonds is 2. The van der Waals surface area contributed by atoms with E-state index in [0.29, 0.717) is 16.7 Å². The predicted octanol–water partition coefficient (Wildman–Crippen LogP) is 3.89. The van der Waals surface area contributed by atoms with E-state index in [-0.39, 0.29) is 6.29 Å². The van der Waals surface area contributed by atoms with Gasteiger partial charge in [0.25, 0.3) is 0 Å². The van der Waals surface area contributed by atoms with Crippen molar-refractivity contribution in [3.63, 3.8) is 0 Å². The van der Waals surface area contributed by atoms with Gasteiger partial charge < -0.3 is 9.47 Å². The summed E-state index contributed by atoms with van der Waals surface area (Å²) in [6, 6.07) is 5.31. The lowest BCUT2D eigenvalue weighted by Crippen LogP contribution is -2.22. The number of benzene rings is 1. The maximum atomic E-state index is 5.90. The minimum atomic E-state index is -0.0955.